The van der Waals surface area contributed by atoms with Crippen LogP contribution < -0.4 is 29.6 Å². The summed E-state index contributed by atoms with van der Waals surface area (Å²) >= 11 is 1.59. The predicted molar refractivity (Wildman–Crippen MR) is 257 cm³/mol. The quantitative estimate of drug-likeness (QED) is 0.0816. The van der Waals surface area contributed by atoms with Gasteiger partial charge in [0.2, 0.25) is 12.7 Å². The van der Waals surface area contributed by atoms with E-state index < -0.39 is 41.8 Å². The largest absolute Gasteiger partial charge is 0.507 e. The molecule has 360 valence electrons. The van der Waals surface area contributed by atoms with Crippen LogP contribution in [0, 0.1) is 25.2 Å². The van der Waals surface area contributed by atoms with Gasteiger partial charge in [-0.2, -0.15) is 17.0 Å². The Morgan fingerprint density at radius 1 is 0.971 bits per heavy atom. The maximum atomic E-state index is 14.8. The van der Waals surface area contributed by atoms with Gasteiger partial charge >= 0.3 is 6.09 Å². The number of hydrogen-bond donors (Lipinski definition) is 3. The Morgan fingerprint density at radius 2 is 1.68 bits per heavy atom. The van der Waals surface area contributed by atoms with Gasteiger partial charge in [-0.1, -0.05) is 54.6 Å². The molecule has 16 heteroatoms. The molecule has 0 saturated carbocycles. The topological polar surface area (TPSA) is 173 Å². The van der Waals surface area contributed by atoms with Crippen LogP contribution in [0.2, 0.25) is 0 Å². The number of fused-ring (bicyclic) bond motifs is 12. The number of alkyl carbamates (subject to hydrolysis) is 1. The Kier molecular flexibility index (Phi) is 13.5. The van der Waals surface area contributed by atoms with E-state index in [0.29, 0.717) is 71.5 Å². The minimum Gasteiger partial charge on any atom is -0.507 e. The lowest BCUT2D eigenvalue weighted by atomic mass is 9.71. The number of nitrogens with zero attached hydrogens (tertiary/aromatic N) is 3. The van der Waals surface area contributed by atoms with Crippen molar-refractivity contribution in [2.75, 3.05) is 66.1 Å². The van der Waals surface area contributed by atoms with E-state index in [4.69, 9.17) is 33.2 Å². The molecule has 4 aliphatic heterocycles. The summed E-state index contributed by atoms with van der Waals surface area (Å²) in [5.74, 6) is 2.78. The SMILES string of the molecule is COCCOCOc1c(OC)c(C)cc2c1[C@@H]1C3Cc4c(O)c(C)c5c(c4[C@H](CNC(=O)[C@H](CSCC4c6ccccc6-c6ccccc64)NC(=O)OC(C)(C)C)N3[C@@H](C#N)[C@H](C2)N1C)OCO5. The maximum absolute atomic E-state index is 14.8. The van der Waals surface area contributed by atoms with E-state index in [-0.39, 0.29) is 49.6 Å². The van der Waals surface area contributed by atoms with Crippen LogP contribution in [0.25, 0.3) is 11.1 Å². The highest BCUT2D eigenvalue weighted by atomic mass is 32.2. The molecule has 0 radical (unpaired) electrons. The van der Waals surface area contributed by atoms with Crippen molar-refractivity contribution in [3.8, 4) is 45.9 Å². The molecule has 1 unspecified atom stereocenters. The number of rotatable bonds is 15. The minimum absolute atomic E-state index is 0.0171. The van der Waals surface area contributed by atoms with E-state index in [0.717, 1.165) is 16.7 Å². The van der Waals surface area contributed by atoms with Gasteiger partial charge in [0.05, 0.1) is 38.5 Å². The molecule has 1 aliphatic carbocycles. The van der Waals surface area contributed by atoms with Gasteiger partial charge in [0.15, 0.2) is 29.8 Å². The van der Waals surface area contributed by atoms with Crippen molar-refractivity contribution < 1.29 is 47.9 Å². The van der Waals surface area contributed by atoms with Gasteiger partial charge in [0.25, 0.3) is 0 Å². The van der Waals surface area contributed by atoms with Crippen LogP contribution in [-0.2, 0) is 31.8 Å². The van der Waals surface area contributed by atoms with Crippen molar-refractivity contribution in [3.63, 3.8) is 0 Å². The van der Waals surface area contributed by atoms with Crippen LogP contribution in [0.5, 0.6) is 28.7 Å². The highest BCUT2D eigenvalue weighted by molar-refractivity contribution is 7.99. The third-order valence-corrected chi connectivity index (χ3v) is 15.1. The molecule has 5 aliphatic rings. The van der Waals surface area contributed by atoms with Gasteiger partial charge in [-0.05, 0) is 87.9 Å². The Labute approximate surface area is 402 Å². The number of nitrogens with one attached hydrogen (secondary N) is 2. The number of methoxy groups -OCH3 is 2. The first-order chi connectivity index (χ1) is 32.8. The van der Waals surface area contributed by atoms with E-state index >= 15 is 0 Å². The van der Waals surface area contributed by atoms with Gasteiger partial charge in [0, 0.05) is 65.4 Å². The predicted octanol–water partition coefficient (Wildman–Crippen LogP) is 7.07. The summed E-state index contributed by atoms with van der Waals surface area (Å²) in [6.07, 6.45) is 0.174. The van der Waals surface area contributed by atoms with E-state index in [1.54, 1.807) is 53.7 Å². The zero-order chi connectivity index (χ0) is 48.0. The average molecular weight is 948 g/mol. The van der Waals surface area contributed by atoms with E-state index in [1.165, 1.54) is 22.3 Å². The van der Waals surface area contributed by atoms with Crippen molar-refractivity contribution in [1.29, 1.82) is 5.26 Å². The molecule has 2 amide bonds. The molecule has 4 heterocycles. The van der Waals surface area contributed by atoms with Gasteiger partial charge in [0.1, 0.15) is 23.4 Å². The van der Waals surface area contributed by atoms with E-state index in [1.807, 2.05) is 14.0 Å². The zero-order valence-corrected chi connectivity index (χ0v) is 40.8. The molecule has 4 aromatic rings. The number of phenols is 1. The number of hydrogen-bond acceptors (Lipinski definition) is 14. The van der Waals surface area contributed by atoms with Gasteiger partial charge in [-0.3, -0.25) is 14.6 Å². The molecule has 2 bridgehead atoms. The summed E-state index contributed by atoms with van der Waals surface area (Å²) in [5.41, 5.74) is 8.82. The second kappa shape index (κ2) is 19.4. The lowest BCUT2D eigenvalue weighted by Gasteiger charge is -2.60. The number of carbonyl (C=O) groups is 2. The van der Waals surface area contributed by atoms with Crippen molar-refractivity contribution in [2.45, 2.75) is 95.2 Å². The number of phenolic OH excluding ortho intramolecular Hbond substituents is 1. The van der Waals surface area contributed by atoms with E-state index in [9.17, 15) is 20.0 Å². The Balaban J connectivity index is 1.06. The molecule has 3 N–H and O–H groups in total. The lowest BCUT2D eigenvalue weighted by Crippen LogP contribution is -2.69. The van der Waals surface area contributed by atoms with Gasteiger partial charge in [-0.15, -0.1) is 0 Å². The summed E-state index contributed by atoms with van der Waals surface area (Å²) in [6.45, 7) is 9.81. The summed E-state index contributed by atoms with van der Waals surface area (Å²) in [5, 5.41) is 29.5. The highest BCUT2D eigenvalue weighted by Crippen LogP contribution is 2.58. The number of benzene rings is 4. The second-order valence-electron chi connectivity index (χ2n) is 19.1. The molecule has 0 aromatic heterocycles. The third kappa shape index (κ3) is 8.57. The summed E-state index contributed by atoms with van der Waals surface area (Å²) < 4.78 is 41.4. The molecular weight excluding hydrogens is 887 g/mol. The zero-order valence-electron chi connectivity index (χ0n) is 40.0. The normalized spacial score (nSPS) is 21.6. The van der Waals surface area contributed by atoms with E-state index in [2.05, 4.69) is 81.1 Å². The number of amides is 2. The molecule has 1 saturated heterocycles. The van der Waals surface area contributed by atoms with Gasteiger partial charge in [-0.25, -0.2) is 4.79 Å². The van der Waals surface area contributed by atoms with Crippen molar-refractivity contribution >= 4 is 23.8 Å². The lowest BCUT2D eigenvalue weighted by molar-refractivity contribution is -0.123. The van der Waals surface area contributed by atoms with Crippen LogP contribution in [-0.4, -0.2) is 123 Å². The van der Waals surface area contributed by atoms with Crippen LogP contribution in [0.1, 0.15) is 83.3 Å². The summed E-state index contributed by atoms with van der Waals surface area (Å²) in [4.78, 5) is 32.7. The number of thioether (sulfide) groups is 1. The fraction of sp³-hybridized carbons (Fsp3) is 0.481. The van der Waals surface area contributed by atoms with Crippen molar-refractivity contribution in [2.24, 2.45) is 0 Å². The van der Waals surface area contributed by atoms with Gasteiger partial charge < -0.3 is 48.9 Å². The molecule has 6 atom stereocenters. The number of nitriles is 1. The molecule has 1 fully saturated rings. The Bertz CT molecular complexity index is 2580. The van der Waals surface area contributed by atoms with Crippen LogP contribution in [0.4, 0.5) is 4.79 Å². The molecule has 9 rings (SSSR count). The number of piperazine rings is 1. The molecule has 68 heavy (non-hydrogen) atoms. The number of aromatic hydroxyl groups is 1. The number of likely N-dealkylation sites (N-methyl/N-ethyl adjacent to an activating group) is 1. The molecule has 15 nitrogen and oxygen atoms in total. The number of aryl methyl sites for hydroxylation is 1. The molecular formula is C52H61N5O10S. The second-order valence-corrected chi connectivity index (χ2v) is 20.2. The molecule has 4 aromatic carbocycles. The maximum Gasteiger partial charge on any atom is 0.408 e. The number of ether oxygens (including phenoxy) is 7. The number of carbonyl (C=O) groups excluding carboxylic acids is 2. The first kappa shape index (κ1) is 47.4. The van der Waals surface area contributed by atoms with Crippen LogP contribution in [0.3, 0.4) is 0 Å². The fourth-order valence-electron chi connectivity index (χ4n) is 11.2. The Morgan fingerprint density at radius 3 is 2.35 bits per heavy atom. The standard InChI is InChI=1S/C52H61N5O10S/c1-28-19-30-20-38-40(22-53)57-39(44(56(38)6)42(30)48(46(28)62-8)64-26-63-18-17-61-7)21-35-43(49-47(65-27-66-49)29(2)45(35)58)41(57)23-54-50(59)37(55-51(60)67-52(3,4)5)25-68-24-36-33-15-11-9-13-31(33)32-14-10-12-16-34(32)36/h9-16,19,36-41,44,58H,17-18,20-21,23-27H2,1-8H3,(H,54,59)(H,55,60)/t37-,38-,39?,40-,41-,44-/m0/s1. The first-order valence-electron chi connectivity index (χ1n) is 23.2. The third-order valence-electron chi connectivity index (χ3n) is 14.0. The first-order valence-corrected chi connectivity index (χ1v) is 24.4. The summed E-state index contributed by atoms with van der Waals surface area (Å²) in [7, 11) is 5.27. The van der Waals surface area contributed by atoms with Crippen molar-refractivity contribution in [1.82, 2.24) is 20.4 Å². The smallest absolute Gasteiger partial charge is 0.408 e. The summed E-state index contributed by atoms with van der Waals surface area (Å²) in [6, 6.07) is 18.3. The highest BCUT2D eigenvalue weighted by Gasteiger charge is 2.57. The Hall–Kier alpha value is -5.70. The monoisotopic (exact) mass is 947 g/mol. The fourth-order valence-corrected chi connectivity index (χ4v) is 12.4. The van der Waals surface area contributed by atoms with Crippen molar-refractivity contribution in [3.05, 3.63) is 99.1 Å². The van der Waals surface area contributed by atoms with Crippen LogP contribution in [0.15, 0.2) is 54.6 Å². The average Bonchev–Trinajstić information content (AvgIpc) is 3.93. The minimum atomic E-state index is -0.982. The van der Waals surface area contributed by atoms with Crippen LogP contribution >= 0.6 is 11.8 Å². The molecule has 0 spiro atoms.